The van der Waals surface area contributed by atoms with Gasteiger partial charge in [-0.2, -0.15) is 0 Å². The maximum atomic E-state index is 11.3. The molecule has 1 aromatic heterocycles. The molecule has 0 atom stereocenters. The maximum absolute atomic E-state index is 11.3. The van der Waals surface area contributed by atoms with E-state index in [9.17, 15) is 9.59 Å². The molecule has 0 unspecified atom stereocenters. The summed E-state index contributed by atoms with van der Waals surface area (Å²) in [5, 5.41) is 8.52. The molecule has 16 heavy (non-hydrogen) atoms. The molecule has 0 spiro atoms. The van der Waals surface area contributed by atoms with Gasteiger partial charge in [-0.1, -0.05) is 0 Å². The number of rotatable bonds is 4. The zero-order valence-electron chi connectivity index (χ0n) is 8.67. The molecule has 0 saturated heterocycles. The van der Waals surface area contributed by atoms with Gasteiger partial charge in [0.1, 0.15) is 0 Å². The van der Waals surface area contributed by atoms with Crippen LogP contribution in [0.15, 0.2) is 18.5 Å². The number of carboxylic acid groups (broad SMARTS) is 1. The second-order valence-corrected chi connectivity index (χ2v) is 2.92. The van der Waals surface area contributed by atoms with Crippen LogP contribution < -0.4 is 0 Å². The van der Waals surface area contributed by atoms with Crippen molar-refractivity contribution < 1.29 is 19.4 Å². The summed E-state index contributed by atoms with van der Waals surface area (Å²) in [6, 6.07) is 1.52. The lowest BCUT2D eigenvalue weighted by atomic mass is 10.1. The Morgan fingerprint density at radius 2 is 2.19 bits per heavy atom. The summed E-state index contributed by atoms with van der Waals surface area (Å²) in [7, 11) is 1.28. The van der Waals surface area contributed by atoms with Gasteiger partial charge in [0.15, 0.2) is 0 Å². The lowest BCUT2D eigenvalue weighted by Gasteiger charge is -2.05. The Morgan fingerprint density at radius 3 is 2.75 bits per heavy atom. The number of pyridine rings is 1. The minimum atomic E-state index is -0.908. The van der Waals surface area contributed by atoms with Crippen LogP contribution in [-0.2, 0) is 16.0 Å². The number of halogens is 1. The van der Waals surface area contributed by atoms with Gasteiger partial charge in [-0.25, -0.2) is 4.79 Å². The van der Waals surface area contributed by atoms with Gasteiger partial charge in [-0.3, -0.25) is 9.78 Å². The van der Waals surface area contributed by atoms with Crippen molar-refractivity contribution in [1.82, 2.24) is 4.98 Å². The van der Waals surface area contributed by atoms with Gasteiger partial charge in [0.2, 0.25) is 0 Å². The summed E-state index contributed by atoms with van der Waals surface area (Å²) >= 11 is 0. The van der Waals surface area contributed by atoms with Crippen molar-refractivity contribution >= 4 is 24.3 Å². The zero-order valence-corrected chi connectivity index (χ0v) is 9.49. The molecule has 0 aliphatic rings. The topological polar surface area (TPSA) is 76.5 Å². The number of carbonyl (C=O) groups excluding carboxylic acids is 1. The third kappa shape index (κ3) is 3.86. The van der Waals surface area contributed by atoms with Crippen LogP contribution in [0.2, 0.25) is 0 Å². The lowest BCUT2D eigenvalue weighted by molar-refractivity contribution is -0.136. The number of esters is 1. The number of carbonyl (C=O) groups is 2. The fourth-order valence-electron chi connectivity index (χ4n) is 1.18. The highest BCUT2D eigenvalue weighted by Gasteiger charge is 2.12. The van der Waals surface area contributed by atoms with E-state index < -0.39 is 11.9 Å². The minimum Gasteiger partial charge on any atom is -0.481 e. The SMILES string of the molecule is COC(=O)c1ccncc1CCC(=O)O.Cl. The standard InChI is InChI=1S/C10H11NO4.ClH/c1-15-10(14)8-4-5-11-6-7(8)2-3-9(12)13;/h4-6H,2-3H2,1H3,(H,12,13);1H. The molecule has 0 radical (unpaired) electrons. The molecule has 6 heteroatoms. The third-order valence-electron chi connectivity index (χ3n) is 1.92. The normalized spacial score (nSPS) is 9.06. The molecule has 1 heterocycles. The van der Waals surface area contributed by atoms with Gasteiger partial charge in [-0.15, -0.1) is 12.4 Å². The van der Waals surface area contributed by atoms with Crippen molar-refractivity contribution in [2.24, 2.45) is 0 Å². The number of aryl methyl sites for hydroxylation is 1. The van der Waals surface area contributed by atoms with E-state index in [1.807, 2.05) is 0 Å². The van der Waals surface area contributed by atoms with Gasteiger partial charge < -0.3 is 9.84 Å². The first kappa shape index (κ1) is 14.4. The number of methoxy groups -OCH3 is 1. The number of ether oxygens (including phenoxy) is 1. The van der Waals surface area contributed by atoms with Gasteiger partial charge in [-0.05, 0) is 18.1 Å². The number of aliphatic carboxylic acids is 1. The van der Waals surface area contributed by atoms with Crippen molar-refractivity contribution in [3.05, 3.63) is 29.6 Å². The molecule has 5 nitrogen and oxygen atoms in total. The van der Waals surface area contributed by atoms with E-state index in [-0.39, 0.29) is 25.2 Å². The van der Waals surface area contributed by atoms with Gasteiger partial charge in [0.25, 0.3) is 0 Å². The van der Waals surface area contributed by atoms with E-state index in [0.717, 1.165) is 0 Å². The first-order chi connectivity index (χ1) is 7.15. The Labute approximate surface area is 98.9 Å². The quantitative estimate of drug-likeness (QED) is 0.810. The molecule has 0 aliphatic carbocycles. The predicted octanol–water partition coefficient (Wildman–Crippen LogP) is 1.31. The van der Waals surface area contributed by atoms with Gasteiger partial charge >= 0.3 is 11.9 Å². The van der Waals surface area contributed by atoms with Crippen molar-refractivity contribution in [1.29, 1.82) is 0 Å². The Kier molecular flexibility index (Phi) is 6.10. The second kappa shape index (κ2) is 6.79. The molecule has 0 fully saturated rings. The molecule has 0 saturated carbocycles. The number of hydrogen-bond acceptors (Lipinski definition) is 4. The summed E-state index contributed by atoms with van der Waals surface area (Å²) in [5.74, 6) is -1.38. The Bertz CT molecular complexity index is 381. The van der Waals surface area contributed by atoms with Crippen molar-refractivity contribution in [2.75, 3.05) is 7.11 Å². The van der Waals surface area contributed by atoms with Crippen LogP contribution in [-0.4, -0.2) is 29.1 Å². The van der Waals surface area contributed by atoms with Crippen LogP contribution in [0.25, 0.3) is 0 Å². The average molecular weight is 246 g/mol. The van der Waals surface area contributed by atoms with Crippen LogP contribution >= 0.6 is 12.4 Å². The van der Waals surface area contributed by atoms with E-state index in [1.165, 1.54) is 25.6 Å². The van der Waals surface area contributed by atoms with E-state index in [0.29, 0.717) is 11.1 Å². The molecule has 0 amide bonds. The molecule has 0 bridgehead atoms. The largest absolute Gasteiger partial charge is 0.481 e. The van der Waals surface area contributed by atoms with Crippen LogP contribution in [0, 0.1) is 0 Å². The van der Waals surface area contributed by atoms with Crippen LogP contribution in [0.1, 0.15) is 22.3 Å². The zero-order chi connectivity index (χ0) is 11.3. The maximum Gasteiger partial charge on any atom is 0.338 e. The van der Waals surface area contributed by atoms with Crippen molar-refractivity contribution in [2.45, 2.75) is 12.8 Å². The highest BCUT2D eigenvalue weighted by Crippen LogP contribution is 2.10. The fraction of sp³-hybridized carbons (Fsp3) is 0.300. The summed E-state index contributed by atoms with van der Waals surface area (Å²) in [6.45, 7) is 0. The summed E-state index contributed by atoms with van der Waals surface area (Å²) in [4.78, 5) is 25.5. The van der Waals surface area contributed by atoms with Crippen LogP contribution in [0.5, 0.6) is 0 Å². The molecule has 1 N–H and O–H groups in total. The first-order valence-electron chi connectivity index (χ1n) is 4.38. The number of carboxylic acids is 1. The van der Waals surface area contributed by atoms with E-state index in [1.54, 1.807) is 0 Å². The first-order valence-corrected chi connectivity index (χ1v) is 4.38. The minimum absolute atomic E-state index is 0. The van der Waals surface area contributed by atoms with Crippen molar-refractivity contribution in [3.8, 4) is 0 Å². The van der Waals surface area contributed by atoms with E-state index in [4.69, 9.17) is 5.11 Å². The average Bonchev–Trinajstić information content (AvgIpc) is 2.25. The van der Waals surface area contributed by atoms with Crippen LogP contribution in [0.4, 0.5) is 0 Å². The van der Waals surface area contributed by atoms with E-state index in [2.05, 4.69) is 9.72 Å². The fourth-order valence-corrected chi connectivity index (χ4v) is 1.18. The monoisotopic (exact) mass is 245 g/mol. The number of hydrogen-bond donors (Lipinski definition) is 1. The van der Waals surface area contributed by atoms with Crippen LogP contribution in [0.3, 0.4) is 0 Å². The third-order valence-corrected chi connectivity index (χ3v) is 1.92. The smallest absolute Gasteiger partial charge is 0.338 e. The van der Waals surface area contributed by atoms with E-state index >= 15 is 0 Å². The molecular formula is C10H12ClNO4. The van der Waals surface area contributed by atoms with Gasteiger partial charge in [0, 0.05) is 18.8 Å². The van der Waals surface area contributed by atoms with Gasteiger partial charge in [0.05, 0.1) is 12.7 Å². The van der Waals surface area contributed by atoms with Crippen molar-refractivity contribution in [3.63, 3.8) is 0 Å². The lowest BCUT2D eigenvalue weighted by Crippen LogP contribution is -2.07. The number of nitrogens with zero attached hydrogens (tertiary/aromatic N) is 1. The molecule has 1 aromatic rings. The number of aromatic nitrogens is 1. The molecular weight excluding hydrogens is 234 g/mol. The molecule has 1 rings (SSSR count). The predicted molar refractivity (Wildman–Crippen MR) is 58.8 cm³/mol. The Balaban J connectivity index is 0.00000225. The molecule has 0 aliphatic heterocycles. The highest BCUT2D eigenvalue weighted by atomic mass is 35.5. The summed E-state index contributed by atoms with van der Waals surface area (Å²) in [5.41, 5.74) is 0.959. The summed E-state index contributed by atoms with van der Waals surface area (Å²) in [6.07, 6.45) is 3.19. The Hall–Kier alpha value is -1.62. The molecule has 0 aromatic carbocycles. The summed E-state index contributed by atoms with van der Waals surface area (Å²) < 4.78 is 4.57. The second-order valence-electron chi connectivity index (χ2n) is 2.92. The molecule has 88 valence electrons. The Morgan fingerprint density at radius 1 is 1.50 bits per heavy atom. The highest BCUT2D eigenvalue weighted by molar-refractivity contribution is 5.90.